The third-order valence-corrected chi connectivity index (χ3v) is 6.04. The number of hydrogen-bond acceptors (Lipinski definition) is 6. The van der Waals surface area contributed by atoms with E-state index in [1.54, 1.807) is 24.3 Å². The van der Waals surface area contributed by atoms with Crippen LogP contribution in [0.5, 0.6) is 5.75 Å². The molecular weight excluding hydrogens is 427 g/mol. The molecule has 8 heteroatoms. The quantitative estimate of drug-likeness (QED) is 0.394. The van der Waals surface area contributed by atoms with Crippen LogP contribution in [0.4, 0.5) is 4.39 Å². The molecule has 0 aliphatic carbocycles. The molecule has 0 spiro atoms. The lowest BCUT2D eigenvalue weighted by molar-refractivity contribution is -0.140. The summed E-state index contributed by atoms with van der Waals surface area (Å²) in [6, 6.07) is 11.5. The van der Waals surface area contributed by atoms with Gasteiger partial charge in [0.2, 0.25) is 0 Å². The van der Waals surface area contributed by atoms with Crippen molar-refractivity contribution < 1.29 is 28.6 Å². The predicted octanol–water partition coefficient (Wildman–Crippen LogP) is 2.98. The van der Waals surface area contributed by atoms with Crippen LogP contribution in [-0.2, 0) is 14.3 Å². The standard InChI is InChI=1S/C25H27FN2O5/c1-32-20-5-2-4-18(16-20)22-21(23(29)17-6-8-19(26)9-7-17)24(30)25(31)28(22)11-3-10-27-12-14-33-15-13-27/h2,4-9,16,22,29H,3,10-15H2,1H3/b23-21+. The van der Waals surface area contributed by atoms with Gasteiger partial charge in [0.15, 0.2) is 0 Å². The average Bonchev–Trinajstić information content (AvgIpc) is 3.10. The monoisotopic (exact) mass is 454 g/mol. The van der Waals surface area contributed by atoms with Gasteiger partial charge in [-0.25, -0.2) is 4.39 Å². The first-order chi connectivity index (χ1) is 16.0. The summed E-state index contributed by atoms with van der Waals surface area (Å²) in [7, 11) is 1.54. The number of aliphatic hydroxyl groups is 1. The van der Waals surface area contributed by atoms with Gasteiger partial charge >= 0.3 is 0 Å². The van der Waals surface area contributed by atoms with Gasteiger partial charge < -0.3 is 19.5 Å². The van der Waals surface area contributed by atoms with Gasteiger partial charge in [-0.1, -0.05) is 12.1 Å². The third kappa shape index (κ3) is 4.91. The van der Waals surface area contributed by atoms with E-state index in [4.69, 9.17) is 9.47 Å². The van der Waals surface area contributed by atoms with Gasteiger partial charge in [-0.2, -0.15) is 0 Å². The molecule has 7 nitrogen and oxygen atoms in total. The molecule has 4 rings (SSSR count). The molecule has 1 amide bonds. The van der Waals surface area contributed by atoms with Crippen molar-refractivity contribution in [2.24, 2.45) is 0 Å². The SMILES string of the molecule is COc1cccc(C2/C(=C(\O)c3ccc(F)cc3)C(=O)C(=O)N2CCCN2CCOCC2)c1. The summed E-state index contributed by atoms with van der Waals surface area (Å²) >= 11 is 0. The highest BCUT2D eigenvalue weighted by atomic mass is 19.1. The highest BCUT2D eigenvalue weighted by molar-refractivity contribution is 6.46. The Hall–Kier alpha value is -3.23. The number of nitrogens with zero attached hydrogens (tertiary/aromatic N) is 2. The minimum atomic E-state index is -0.769. The van der Waals surface area contributed by atoms with Crippen LogP contribution < -0.4 is 4.74 Å². The highest BCUT2D eigenvalue weighted by Gasteiger charge is 2.45. The maximum Gasteiger partial charge on any atom is 0.295 e. The van der Waals surface area contributed by atoms with E-state index in [0.717, 1.165) is 19.6 Å². The lowest BCUT2D eigenvalue weighted by atomic mass is 9.95. The Morgan fingerprint density at radius 3 is 2.55 bits per heavy atom. The van der Waals surface area contributed by atoms with Crippen LogP contribution in [0.15, 0.2) is 54.1 Å². The first-order valence-corrected chi connectivity index (χ1v) is 11.0. The van der Waals surface area contributed by atoms with Crippen molar-refractivity contribution in [3.8, 4) is 5.75 Å². The van der Waals surface area contributed by atoms with Crippen LogP contribution in [0.1, 0.15) is 23.6 Å². The van der Waals surface area contributed by atoms with E-state index in [-0.39, 0.29) is 16.9 Å². The Bertz CT molecular complexity index is 1050. The third-order valence-electron chi connectivity index (χ3n) is 6.04. The first kappa shape index (κ1) is 22.9. The molecule has 0 aromatic heterocycles. The molecule has 33 heavy (non-hydrogen) atoms. The van der Waals surface area contributed by atoms with Crippen molar-refractivity contribution in [2.75, 3.05) is 46.5 Å². The van der Waals surface area contributed by atoms with E-state index in [1.165, 1.54) is 36.3 Å². The van der Waals surface area contributed by atoms with Crippen LogP contribution in [-0.4, -0.2) is 73.1 Å². The summed E-state index contributed by atoms with van der Waals surface area (Å²) < 4.78 is 24.1. The zero-order valence-corrected chi connectivity index (χ0v) is 18.5. The van der Waals surface area contributed by atoms with Crippen LogP contribution in [0.25, 0.3) is 5.76 Å². The molecule has 0 radical (unpaired) electrons. The van der Waals surface area contributed by atoms with Crippen molar-refractivity contribution in [3.63, 3.8) is 0 Å². The number of likely N-dealkylation sites (tertiary alicyclic amines) is 1. The Balaban J connectivity index is 1.68. The molecule has 174 valence electrons. The largest absolute Gasteiger partial charge is 0.507 e. The van der Waals surface area contributed by atoms with Crippen LogP contribution >= 0.6 is 0 Å². The maximum absolute atomic E-state index is 13.4. The van der Waals surface area contributed by atoms with Crippen LogP contribution in [0, 0.1) is 5.82 Å². The lowest BCUT2D eigenvalue weighted by Crippen LogP contribution is -2.38. The van der Waals surface area contributed by atoms with E-state index < -0.39 is 23.5 Å². The Morgan fingerprint density at radius 2 is 1.85 bits per heavy atom. The Morgan fingerprint density at radius 1 is 1.12 bits per heavy atom. The number of rotatable bonds is 7. The van der Waals surface area contributed by atoms with Gasteiger partial charge in [0, 0.05) is 31.7 Å². The number of methoxy groups -OCH3 is 1. The number of halogens is 1. The molecule has 2 fully saturated rings. The fourth-order valence-corrected chi connectivity index (χ4v) is 4.32. The zero-order chi connectivity index (χ0) is 23.4. The number of Topliss-reactive ketones (excluding diaryl/α,β-unsaturated/α-hetero) is 1. The molecule has 1 unspecified atom stereocenters. The van der Waals surface area contributed by atoms with Gasteiger partial charge in [0.25, 0.3) is 11.7 Å². The molecule has 2 saturated heterocycles. The van der Waals surface area contributed by atoms with Gasteiger partial charge in [0.05, 0.1) is 31.9 Å². The molecule has 2 heterocycles. The molecule has 1 atom stereocenters. The van der Waals surface area contributed by atoms with Crippen molar-refractivity contribution in [1.82, 2.24) is 9.80 Å². The second-order valence-corrected chi connectivity index (χ2v) is 8.08. The minimum absolute atomic E-state index is 0.00812. The molecule has 2 aliphatic heterocycles. The molecule has 2 aromatic carbocycles. The van der Waals surface area contributed by atoms with E-state index in [1.807, 2.05) is 0 Å². The number of carbonyl (C=O) groups excluding carboxylic acids is 2. The van der Waals surface area contributed by atoms with Crippen LogP contribution in [0.3, 0.4) is 0 Å². The Kier molecular flexibility index (Phi) is 7.05. The van der Waals surface area contributed by atoms with Crippen LogP contribution in [0.2, 0.25) is 0 Å². The summed E-state index contributed by atoms with van der Waals surface area (Å²) in [4.78, 5) is 29.9. The summed E-state index contributed by atoms with van der Waals surface area (Å²) in [5.41, 5.74) is 0.922. The smallest absolute Gasteiger partial charge is 0.295 e. The van der Waals surface area contributed by atoms with Crippen molar-refractivity contribution in [3.05, 3.63) is 71.0 Å². The topological polar surface area (TPSA) is 79.3 Å². The van der Waals surface area contributed by atoms with Gasteiger partial charge in [0.1, 0.15) is 17.3 Å². The molecular formula is C25H27FN2O5. The van der Waals surface area contributed by atoms with Gasteiger partial charge in [-0.15, -0.1) is 0 Å². The number of ether oxygens (including phenoxy) is 2. The lowest BCUT2D eigenvalue weighted by Gasteiger charge is -2.29. The van der Waals surface area contributed by atoms with E-state index >= 15 is 0 Å². The predicted molar refractivity (Wildman–Crippen MR) is 120 cm³/mol. The zero-order valence-electron chi connectivity index (χ0n) is 18.5. The van der Waals surface area contributed by atoms with E-state index in [9.17, 15) is 19.1 Å². The minimum Gasteiger partial charge on any atom is -0.507 e. The van der Waals surface area contributed by atoms with E-state index in [0.29, 0.717) is 37.5 Å². The summed E-state index contributed by atoms with van der Waals surface area (Å²) in [6.45, 7) is 4.17. The number of amides is 1. The number of benzene rings is 2. The average molecular weight is 454 g/mol. The number of ketones is 1. The number of carbonyl (C=O) groups is 2. The van der Waals surface area contributed by atoms with Gasteiger partial charge in [-0.3, -0.25) is 14.5 Å². The first-order valence-electron chi connectivity index (χ1n) is 11.0. The fourth-order valence-electron chi connectivity index (χ4n) is 4.32. The van der Waals surface area contributed by atoms with Crippen molar-refractivity contribution >= 4 is 17.4 Å². The second-order valence-electron chi connectivity index (χ2n) is 8.08. The summed E-state index contributed by atoms with van der Waals surface area (Å²) in [5.74, 6) is -1.62. The van der Waals surface area contributed by atoms with Crippen molar-refractivity contribution in [2.45, 2.75) is 12.5 Å². The molecule has 2 aliphatic rings. The molecule has 2 aromatic rings. The highest BCUT2D eigenvalue weighted by Crippen LogP contribution is 2.40. The maximum atomic E-state index is 13.4. The molecule has 0 bridgehead atoms. The Labute approximate surface area is 192 Å². The molecule has 0 saturated carbocycles. The van der Waals surface area contributed by atoms with Crippen molar-refractivity contribution in [1.29, 1.82) is 0 Å². The molecule has 1 N–H and O–H groups in total. The van der Waals surface area contributed by atoms with E-state index in [2.05, 4.69) is 4.90 Å². The summed E-state index contributed by atoms with van der Waals surface area (Å²) in [5, 5.41) is 11.0. The number of aliphatic hydroxyl groups excluding tert-OH is 1. The summed E-state index contributed by atoms with van der Waals surface area (Å²) in [6.07, 6.45) is 0.671. The van der Waals surface area contributed by atoms with Gasteiger partial charge in [-0.05, 0) is 48.4 Å². The number of hydrogen-bond donors (Lipinski definition) is 1. The second kappa shape index (κ2) is 10.1. The number of morpholine rings is 1. The fraction of sp³-hybridized carbons (Fsp3) is 0.360. The normalized spacial score (nSPS) is 20.9.